The van der Waals surface area contributed by atoms with Gasteiger partial charge in [-0.2, -0.15) is 0 Å². The van der Waals surface area contributed by atoms with E-state index in [4.69, 9.17) is 9.47 Å². The molecular weight excluding hydrogens is 470 g/mol. The van der Waals surface area contributed by atoms with Crippen molar-refractivity contribution in [3.8, 4) is 11.5 Å². The molecule has 3 atom stereocenters. The molecule has 2 aromatic rings. The van der Waals surface area contributed by atoms with E-state index in [9.17, 15) is 9.59 Å². The summed E-state index contributed by atoms with van der Waals surface area (Å²) in [5.74, 6) is -2.35. The van der Waals surface area contributed by atoms with Gasteiger partial charge in [0, 0.05) is 42.4 Å². The van der Waals surface area contributed by atoms with Gasteiger partial charge in [0.15, 0.2) is 11.6 Å². The summed E-state index contributed by atoms with van der Waals surface area (Å²) in [7, 11) is 2.76. The maximum absolute atomic E-state index is 15.2. The van der Waals surface area contributed by atoms with Gasteiger partial charge in [0.1, 0.15) is 23.4 Å². The van der Waals surface area contributed by atoms with Gasteiger partial charge in [-0.3, -0.25) is 9.69 Å². The van der Waals surface area contributed by atoms with E-state index < -0.39 is 41.6 Å². The first-order valence-corrected chi connectivity index (χ1v) is 12.2. The number of amides is 3. The zero-order valence-corrected chi connectivity index (χ0v) is 20.7. The Labute approximate surface area is 209 Å². The Bertz CT molecular complexity index is 1090. The zero-order valence-electron chi connectivity index (χ0n) is 20.7. The highest BCUT2D eigenvalue weighted by atomic mass is 19.1. The van der Waals surface area contributed by atoms with Crippen molar-refractivity contribution in [3.63, 3.8) is 0 Å². The minimum Gasteiger partial charge on any atom is -0.497 e. The predicted molar refractivity (Wildman–Crippen MR) is 130 cm³/mol. The number of rotatable bonds is 7. The number of methoxy groups -OCH3 is 2. The third-order valence-electron chi connectivity index (χ3n) is 7.17. The van der Waals surface area contributed by atoms with Gasteiger partial charge in [0.2, 0.25) is 0 Å². The van der Waals surface area contributed by atoms with Crippen LogP contribution >= 0.6 is 0 Å². The molecule has 4 rings (SSSR count). The lowest BCUT2D eigenvalue weighted by molar-refractivity contribution is -0.118. The first-order chi connectivity index (χ1) is 17.3. The summed E-state index contributed by atoms with van der Waals surface area (Å²) in [6.07, 6.45) is 7.04. The standard InChI is InChI=1S/C26H32F2N4O4/c1-15-21(22-18(27)12-17(35-2)13-19(22)28)23(31-26(34)30-14-16-8-5-4-6-9-16)25(33)32(15)24-20(36-3)10-7-11-29-24/h7,10-13,15-16,21,23H,4-6,8-9,14H2,1-3H3,(H2,30,31,34)/t15-,21+,23?/m1/s1. The highest BCUT2D eigenvalue weighted by molar-refractivity contribution is 6.03. The number of ether oxygens (including phenoxy) is 2. The van der Waals surface area contributed by atoms with Crippen LogP contribution in [-0.4, -0.2) is 49.8 Å². The molecule has 0 radical (unpaired) electrons. The monoisotopic (exact) mass is 502 g/mol. The number of pyridine rings is 1. The smallest absolute Gasteiger partial charge is 0.315 e. The Kier molecular flexibility index (Phi) is 7.91. The third kappa shape index (κ3) is 5.08. The molecule has 1 aliphatic heterocycles. The van der Waals surface area contributed by atoms with E-state index >= 15 is 8.78 Å². The molecule has 0 spiro atoms. The zero-order chi connectivity index (χ0) is 25.8. The second-order valence-corrected chi connectivity index (χ2v) is 9.34. The number of halogens is 2. The molecule has 1 aliphatic carbocycles. The molecule has 1 aromatic heterocycles. The first-order valence-electron chi connectivity index (χ1n) is 12.2. The highest BCUT2D eigenvalue weighted by Crippen LogP contribution is 2.42. The minimum absolute atomic E-state index is 0.0173. The molecule has 0 bridgehead atoms. The fourth-order valence-corrected chi connectivity index (χ4v) is 5.34. The number of aromatic nitrogens is 1. The van der Waals surface area contributed by atoms with Crippen LogP contribution in [0.25, 0.3) is 0 Å². The van der Waals surface area contributed by atoms with Crippen molar-refractivity contribution in [2.24, 2.45) is 5.92 Å². The molecule has 2 fully saturated rings. The number of benzene rings is 1. The second kappa shape index (κ2) is 11.1. The maximum atomic E-state index is 15.2. The van der Waals surface area contributed by atoms with Crippen LogP contribution in [-0.2, 0) is 4.79 Å². The van der Waals surface area contributed by atoms with Gasteiger partial charge in [-0.05, 0) is 37.8 Å². The maximum Gasteiger partial charge on any atom is 0.315 e. The average Bonchev–Trinajstić information content (AvgIpc) is 3.11. The Morgan fingerprint density at radius 1 is 1.14 bits per heavy atom. The van der Waals surface area contributed by atoms with E-state index in [1.807, 2.05) is 0 Å². The van der Waals surface area contributed by atoms with Gasteiger partial charge in [0.05, 0.1) is 14.2 Å². The number of urea groups is 1. The average molecular weight is 503 g/mol. The number of carbonyl (C=O) groups excluding carboxylic acids is 2. The van der Waals surface area contributed by atoms with E-state index in [-0.39, 0.29) is 17.1 Å². The van der Waals surface area contributed by atoms with Crippen LogP contribution in [0.4, 0.5) is 19.4 Å². The Morgan fingerprint density at radius 3 is 2.47 bits per heavy atom. The number of carbonyl (C=O) groups is 2. The van der Waals surface area contributed by atoms with E-state index in [0.717, 1.165) is 37.8 Å². The third-order valence-corrected chi connectivity index (χ3v) is 7.17. The normalized spacial score (nSPS) is 22.4. The van der Waals surface area contributed by atoms with Crippen molar-refractivity contribution in [2.75, 3.05) is 25.7 Å². The van der Waals surface area contributed by atoms with Gasteiger partial charge in [-0.15, -0.1) is 0 Å². The van der Waals surface area contributed by atoms with Crippen LogP contribution in [0.5, 0.6) is 11.5 Å². The number of anilines is 1. The Balaban J connectivity index is 1.66. The molecule has 3 amide bonds. The molecule has 194 valence electrons. The number of nitrogens with zero attached hydrogens (tertiary/aromatic N) is 2. The lowest BCUT2D eigenvalue weighted by Gasteiger charge is -2.26. The first kappa shape index (κ1) is 25.7. The highest BCUT2D eigenvalue weighted by Gasteiger charge is 2.51. The summed E-state index contributed by atoms with van der Waals surface area (Å²) in [5.41, 5.74) is -0.299. The number of hydrogen-bond acceptors (Lipinski definition) is 5. The summed E-state index contributed by atoms with van der Waals surface area (Å²) in [5, 5.41) is 5.54. The molecule has 1 aromatic carbocycles. The number of nitrogens with one attached hydrogen (secondary N) is 2. The van der Waals surface area contributed by atoms with E-state index in [1.165, 1.54) is 31.7 Å². The molecule has 8 nitrogen and oxygen atoms in total. The quantitative estimate of drug-likeness (QED) is 0.594. The van der Waals surface area contributed by atoms with Gasteiger partial charge >= 0.3 is 6.03 Å². The molecular formula is C26H32F2N4O4. The fraction of sp³-hybridized carbons (Fsp3) is 0.500. The molecule has 1 saturated heterocycles. The van der Waals surface area contributed by atoms with E-state index in [0.29, 0.717) is 18.2 Å². The largest absolute Gasteiger partial charge is 0.497 e. The predicted octanol–water partition coefficient (Wildman–Crippen LogP) is 4.14. The van der Waals surface area contributed by atoms with Gasteiger partial charge in [0.25, 0.3) is 5.91 Å². The summed E-state index contributed by atoms with van der Waals surface area (Å²) in [4.78, 5) is 32.2. The topological polar surface area (TPSA) is 92.8 Å². The summed E-state index contributed by atoms with van der Waals surface area (Å²) in [6.45, 7) is 2.15. The van der Waals surface area contributed by atoms with Crippen LogP contribution < -0.4 is 25.0 Å². The SMILES string of the molecule is COc1cc(F)c([C@H]2C(NC(=O)NCC3CCCCC3)C(=O)N(c3ncccc3OC)[C@@H]2C)c(F)c1. The molecule has 2 heterocycles. The summed E-state index contributed by atoms with van der Waals surface area (Å²) < 4.78 is 40.8. The molecule has 2 N–H and O–H groups in total. The van der Waals surface area contributed by atoms with E-state index in [2.05, 4.69) is 15.6 Å². The second-order valence-electron chi connectivity index (χ2n) is 9.34. The molecule has 10 heteroatoms. The summed E-state index contributed by atoms with van der Waals surface area (Å²) in [6, 6.07) is 2.91. The van der Waals surface area contributed by atoms with Crippen molar-refractivity contribution < 1.29 is 27.8 Å². The van der Waals surface area contributed by atoms with E-state index in [1.54, 1.807) is 19.1 Å². The summed E-state index contributed by atoms with van der Waals surface area (Å²) >= 11 is 0. The lowest BCUT2D eigenvalue weighted by Crippen LogP contribution is -2.49. The minimum atomic E-state index is -1.23. The van der Waals surface area contributed by atoms with Gasteiger partial charge < -0.3 is 20.1 Å². The Hall–Kier alpha value is -3.43. The Morgan fingerprint density at radius 2 is 1.83 bits per heavy atom. The van der Waals surface area contributed by atoms with Crippen molar-refractivity contribution in [2.45, 2.75) is 57.0 Å². The lowest BCUT2D eigenvalue weighted by atomic mass is 9.88. The van der Waals surface area contributed by atoms with Crippen molar-refractivity contribution in [1.82, 2.24) is 15.6 Å². The van der Waals surface area contributed by atoms with Crippen LogP contribution in [0.2, 0.25) is 0 Å². The van der Waals surface area contributed by atoms with Crippen molar-refractivity contribution >= 4 is 17.8 Å². The fourth-order valence-electron chi connectivity index (χ4n) is 5.34. The van der Waals surface area contributed by atoms with Gasteiger partial charge in [-0.1, -0.05) is 19.3 Å². The van der Waals surface area contributed by atoms with Crippen molar-refractivity contribution in [1.29, 1.82) is 0 Å². The molecule has 1 unspecified atom stereocenters. The van der Waals surface area contributed by atoms with Crippen LogP contribution in [0, 0.1) is 17.6 Å². The van der Waals surface area contributed by atoms with Crippen molar-refractivity contribution in [3.05, 3.63) is 47.7 Å². The molecule has 1 saturated carbocycles. The number of hydrogen-bond donors (Lipinski definition) is 2. The van der Waals surface area contributed by atoms with Crippen LogP contribution in [0.3, 0.4) is 0 Å². The van der Waals surface area contributed by atoms with Gasteiger partial charge in [-0.25, -0.2) is 18.6 Å². The van der Waals surface area contributed by atoms with Crippen LogP contribution in [0.15, 0.2) is 30.5 Å². The van der Waals surface area contributed by atoms with Crippen LogP contribution in [0.1, 0.15) is 50.5 Å². The molecule has 2 aliphatic rings. The molecule has 36 heavy (non-hydrogen) atoms.